The summed E-state index contributed by atoms with van der Waals surface area (Å²) in [5, 5.41) is 6.26. The molecule has 1 aliphatic heterocycles. The van der Waals surface area contributed by atoms with Crippen LogP contribution in [0.15, 0.2) is 39.0 Å². The third-order valence-electron chi connectivity index (χ3n) is 4.06. The molecule has 0 unspecified atom stereocenters. The molecular formula is C17H22N6O2. The van der Waals surface area contributed by atoms with E-state index in [0.717, 1.165) is 11.3 Å². The predicted molar refractivity (Wildman–Crippen MR) is 99.3 cm³/mol. The molecule has 3 rings (SSSR count). The van der Waals surface area contributed by atoms with Crippen LogP contribution in [0.5, 0.6) is 0 Å². The van der Waals surface area contributed by atoms with E-state index in [0.29, 0.717) is 30.2 Å². The highest BCUT2D eigenvalue weighted by Gasteiger charge is 2.26. The first-order valence-corrected chi connectivity index (χ1v) is 8.12. The summed E-state index contributed by atoms with van der Waals surface area (Å²) < 4.78 is 4.45. The van der Waals surface area contributed by atoms with Gasteiger partial charge < -0.3 is 0 Å². The van der Waals surface area contributed by atoms with Gasteiger partial charge in [-0.15, -0.1) is 0 Å². The van der Waals surface area contributed by atoms with Crippen molar-refractivity contribution in [2.24, 2.45) is 12.1 Å². The molecule has 0 saturated heterocycles. The summed E-state index contributed by atoms with van der Waals surface area (Å²) in [5.74, 6) is 0.568. The maximum absolute atomic E-state index is 13.0. The van der Waals surface area contributed by atoms with Gasteiger partial charge >= 0.3 is 5.69 Å². The van der Waals surface area contributed by atoms with E-state index >= 15 is 0 Å². The van der Waals surface area contributed by atoms with Crippen LogP contribution < -0.4 is 16.3 Å². The zero-order valence-electron chi connectivity index (χ0n) is 15.0. The Morgan fingerprint density at radius 3 is 2.72 bits per heavy atom. The molecule has 0 amide bonds. The molecule has 2 aromatic heterocycles. The minimum absolute atomic E-state index is 0.192. The van der Waals surface area contributed by atoms with Crippen molar-refractivity contribution in [2.75, 3.05) is 11.6 Å². The maximum Gasteiger partial charge on any atom is 0.332 e. The average molecular weight is 342 g/mol. The van der Waals surface area contributed by atoms with Crippen LogP contribution in [-0.4, -0.2) is 30.9 Å². The monoisotopic (exact) mass is 342 g/mol. The van der Waals surface area contributed by atoms with Crippen LogP contribution in [0, 0.1) is 0 Å². The Morgan fingerprint density at radius 1 is 1.36 bits per heavy atom. The van der Waals surface area contributed by atoms with E-state index in [9.17, 15) is 9.59 Å². The maximum atomic E-state index is 13.0. The van der Waals surface area contributed by atoms with E-state index in [2.05, 4.69) is 16.7 Å². The lowest BCUT2D eigenvalue weighted by Crippen LogP contribution is -2.40. The molecule has 3 heterocycles. The summed E-state index contributed by atoms with van der Waals surface area (Å²) >= 11 is 0. The molecule has 0 radical (unpaired) electrons. The smallest absolute Gasteiger partial charge is 0.297 e. The van der Waals surface area contributed by atoms with E-state index in [1.165, 1.54) is 9.13 Å². The number of imidazole rings is 1. The number of anilines is 1. The van der Waals surface area contributed by atoms with Crippen LogP contribution in [0.3, 0.4) is 0 Å². The fourth-order valence-electron chi connectivity index (χ4n) is 2.96. The first-order chi connectivity index (χ1) is 11.8. The number of allylic oxidation sites excluding steroid dienone is 2. The van der Waals surface area contributed by atoms with Crippen molar-refractivity contribution in [3.05, 3.63) is 45.1 Å². The molecule has 0 fully saturated rings. The van der Waals surface area contributed by atoms with E-state index < -0.39 is 5.69 Å². The van der Waals surface area contributed by atoms with Crippen molar-refractivity contribution in [3.8, 4) is 0 Å². The van der Waals surface area contributed by atoms with Crippen molar-refractivity contribution >= 4 is 22.8 Å². The van der Waals surface area contributed by atoms with Gasteiger partial charge in [0.25, 0.3) is 5.56 Å². The number of fused-ring (bicyclic) bond motifs is 3. The van der Waals surface area contributed by atoms with Gasteiger partial charge in [-0.1, -0.05) is 24.3 Å². The Morgan fingerprint density at radius 2 is 2.08 bits per heavy atom. The summed E-state index contributed by atoms with van der Waals surface area (Å²) in [6.45, 7) is 10.7. The Kier molecular flexibility index (Phi) is 4.20. The predicted octanol–water partition coefficient (Wildman–Crippen LogP) is 1.24. The van der Waals surface area contributed by atoms with E-state index in [4.69, 9.17) is 0 Å². The second-order valence-electron chi connectivity index (χ2n) is 6.35. The molecule has 1 aliphatic rings. The van der Waals surface area contributed by atoms with Gasteiger partial charge in [-0.05, 0) is 20.8 Å². The summed E-state index contributed by atoms with van der Waals surface area (Å²) in [4.78, 5) is 30.1. The minimum Gasteiger partial charge on any atom is -0.297 e. The average Bonchev–Trinajstić information content (AvgIpc) is 2.94. The summed E-state index contributed by atoms with van der Waals surface area (Å²) in [5.41, 5.74) is 1.66. The SMILES string of the molecule is C=C(C)Cn1c(=O)c2c(nc3n2CC(C)=NN3C/C=C/C)n(C)c1=O. The number of aromatic nitrogens is 4. The Balaban J connectivity index is 2.32. The number of nitrogens with zero attached hydrogens (tertiary/aromatic N) is 6. The van der Waals surface area contributed by atoms with Gasteiger partial charge in [-0.2, -0.15) is 10.1 Å². The topological polar surface area (TPSA) is 77.4 Å². The fourth-order valence-corrected chi connectivity index (χ4v) is 2.96. The highest BCUT2D eigenvalue weighted by molar-refractivity contribution is 5.87. The molecule has 0 atom stereocenters. The molecule has 8 heteroatoms. The summed E-state index contributed by atoms with van der Waals surface area (Å²) in [6.07, 6.45) is 3.90. The standard InChI is InChI=1S/C17H22N6O2/c1-6-7-8-23-16-18-14-13(21(16)10-12(4)19-23)15(24)22(9-11(2)3)17(25)20(14)5/h6-7H,2,8-10H2,1,3-5H3/b7-6+. The molecule has 0 spiro atoms. The van der Waals surface area contributed by atoms with Crippen molar-refractivity contribution in [1.29, 1.82) is 0 Å². The van der Waals surface area contributed by atoms with Crippen LogP contribution in [0.4, 0.5) is 5.95 Å². The van der Waals surface area contributed by atoms with Gasteiger partial charge in [0, 0.05) is 7.05 Å². The van der Waals surface area contributed by atoms with Gasteiger partial charge in [-0.3, -0.25) is 18.5 Å². The van der Waals surface area contributed by atoms with Crippen LogP contribution in [0.1, 0.15) is 20.8 Å². The largest absolute Gasteiger partial charge is 0.332 e. The summed E-state index contributed by atoms with van der Waals surface area (Å²) in [7, 11) is 1.63. The quantitative estimate of drug-likeness (QED) is 0.784. The highest BCUT2D eigenvalue weighted by Crippen LogP contribution is 2.23. The van der Waals surface area contributed by atoms with Gasteiger partial charge in [0.2, 0.25) is 5.95 Å². The molecule has 0 bridgehead atoms. The third-order valence-corrected chi connectivity index (χ3v) is 4.06. The highest BCUT2D eigenvalue weighted by atomic mass is 16.2. The second-order valence-corrected chi connectivity index (χ2v) is 6.35. The number of hydrazone groups is 1. The molecule has 0 aromatic carbocycles. The molecule has 132 valence electrons. The first-order valence-electron chi connectivity index (χ1n) is 8.12. The van der Waals surface area contributed by atoms with E-state index in [1.54, 1.807) is 19.0 Å². The number of rotatable bonds is 4. The zero-order valence-corrected chi connectivity index (χ0v) is 15.0. The number of hydrogen-bond acceptors (Lipinski definition) is 5. The van der Waals surface area contributed by atoms with Gasteiger partial charge in [0.05, 0.1) is 25.3 Å². The molecule has 8 nitrogen and oxygen atoms in total. The minimum atomic E-state index is -0.395. The van der Waals surface area contributed by atoms with Crippen LogP contribution in [0.2, 0.25) is 0 Å². The van der Waals surface area contributed by atoms with Crippen LogP contribution >= 0.6 is 0 Å². The Bertz CT molecular complexity index is 1030. The van der Waals surface area contributed by atoms with Crippen molar-refractivity contribution < 1.29 is 0 Å². The summed E-state index contributed by atoms with van der Waals surface area (Å²) in [6, 6.07) is 0. The van der Waals surface area contributed by atoms with Crippen molar-refractivity contribution in [1.82, 2.24) is 18.7 Å². The van der Waals surface area contributed by atoms with Gasteiger partial charge in [0.15, 0.2) is 11.2 Å². The van der Waals surface area contributed by atoms with Gasteiger partial charge in [-0.25, -0.2) is 9.80 Å². The molecule has 2 aromatic rings. The first kappa shape index (κ1) is 16.9. The van der Waals surface area contributed by atoms with Crippen molar-refractivity contribution in [2.45, 2.75) is 33.9 Å². The molecule has 25 heavy (non-hydrogen) atoms. The lowest BCUT2D eigenvalue weighted by atomic mass is 10.3. The van der Waals surface area contributed by atoms with E-state index in [1.807, 2.05) is 30.6 Å². The van der Waals surface area contributed by atoms with Gasteiger partial charge in [0.1, 0.15) is 0 Å². The zero-order chi connectivity index (χ0) is 18.3. The molecule has 0 N–H and O–H groups in total. The molecular weight excluding hydrogens is 320 g/mol. The normalized spacial score (nSPS) is 14.2. The molecule has 0 aliphatic carbocycles. The van der Waals surface area contributed by atoms with E-state index in [-0.39, 0.29) is 12.1 Å². The van der Waals surface area contributed by atoms with Crippen LogP contribution in [-0.2, 0) is 20.1 Å². The van der Waals surface area contributed by atoms with Crippen LogP contribution in [0.25, 0.3) is 11.2 Å². The second kappa shape index (κ2) is 6.19. The lowest BCUT2D eigenvalue weighted by Gasteiger charge is -2.23. The number of aryl methyl sites for hydroxylation is 1. The Labute approximate surface area is 145 Å². The van der Waals surface area contributed by atoms with Crippen molar-refractivity contribution in [3.63, 3.8) is 0 Å². The fraction of sp³-hybridized carbons (Fsp3) is 0.412. The molecule has 0 saturated carbocycles. The third kappa shape index (κ3) is 2.73. The lowest BCUT2D eigenvalue weighted by molar-refractivity contribution is 0.648. The number of hydrogen-bond donors (Lipinski definition) is 0. The Hall–Kier alpha value is -2.90.